The Morgan fingerprint density at radius 3 is 2.88 bits per heavy atom. The molecule has 25 heavy (non-hydrogen) atoms. The molecule has 3 rings (SSSR count). The summed E-state index contributed by atoms with van der Waals surface area (Å²) in [4.78, 5) is 31.8. The van der Waals surface area contributed by atoms with E-state index in [9.17, 15) is 9.59 Å². The lowest BCUT2D eigenvalue weighted by molar-refractivity contribution is 0.0679. The van der Waals surface area contributed by atoms with E-state index in [1.807, 2.05) is 36.9 Å². The second-order valence-corrected chi connectivity index (χ2v) is 7.34. The van der Waals surface area contributed by atoms with E-state index in [1.54, 1.807) is 10.6 Å². The smallest absolute Gasteiger partial charge is 0.287 e. The highest BCUT2D eigenvalue weighted by Crippen LogP contribution is 2.20. The average Bonchev–Trinajstić information content (AvgIpc) is 2.99. The van der Waals surface area contributed by atoms with Crippen molar-refractivity contribution in [1.82, 2.24) is 19.6 Å². The Balaban J connectivity index is 1.93. The first-order chi connectivity index (χ1) is 12.0. The summed E-state index contributed by atoms with van der Waals surface area (Å²) >= 11 is 0. The van der Waals surface area contributed by atoms with E-state index in [0.717, 1.165) is 25.9 Å². The standard InChI is InChI=1S/C19H26N4O2/c1-13(2)11-20-18(24)17-21-16(15-8-4-5-10-23(15)17)19(25)22-9-6-7-14(3)12-22/h4-5,8,10,13-14H,6-7,9,11-12H2,1-3H3,(H,20,24). The van der Waals surface area contributed by atoms with Crippen LogP contribution in [-0.2, 0) is 0 Å². The Bertz CT molecular complexity index is 781. The number of hydrogen-bond donors (Lipinski definition) is 1. The Morgan fingerprint density at radius 1 is 1.36 bits per heavy atom. The number of likely N-dealkylation sites (tertiary alicyclic amines) is 1. The van der Waals surface area contributed by atoms with Crippen molar-refractivity contribution in [3.8, 4) is 0 Å². The minimum absolute atomic E-state index is 0.0850. The molecule has 1 unspecified atom stereocenters. The van der Waals surface area contributed by atoms with Gasteiger partial charge < -0.3 is 10.2 Å². The third-order valence-corrected chi connectivity index (χ3v) is 4.57. The molecule has 0 saturated carbocycles. The van der Waals surface area contributed by atoms with E-state index < -0.39 is 0 Å². The molecule has 1 fully saturated rings. The van der Waals surface area contributed by atoms with Crippen LogP contribution in [0.1, 0.15) is 54.7 Å². The molecule has 1 saturated heterocycles. The molecule has 0 spiro atoms. The Morgan fingerprint density at radius 2 is 2.16 bits per heavy atom. The summed E-state index contributed by atoms with van der Waals surface area (Å²) in [6.45, 7) is 8.32. The second kappa shape index (κ2) is 7.25. The third-order valence-electron chi connectivity index (χ3n) is 4.57. The maximum Gasteiger partial charge on any atom is 0.287 e. The molecule has 6 heteroatoms. The molecule has 1 atom stereocenters. The van der Waals surface area contributed by atoms with Gasteiger partial charge in [-0.1, -0.05) is 26.8 Å². The van der Waals surface area contributed by atoms with Crippen LogP contribution in [0, 0.1) is 11.8 Å². The molecular formula is C19H26N4O2. The highest BCUT2D eigenvalue weighted by Gasteiger charge is 2.27. The number of carbonyl (C=O) groups is 2. The monoisotopic (exact) mass is 342 g/mol. The predicted molar refractivity (Wildman–Crippen MR) is 96.7 cm³/mol. The van der Waals surface area contributed by atoms with Gasteiger partial charge >= 0.3 is 0 Å². The molecule has 1 aliphatic rings. The van der Waals surface area contributed by atoms with Crippen molar-refractivity contribution in [2.45, 2.75) is 33.6 Å². The van der Waals surface area contributed by atoms with Crippen LogP contribution in [0.4, 0.5) is 0 Å². The fourth-order valence-electron chi connectivity index (χ4n) is 3.25. The third kappa shape index (κ3) is 3.67. The molecule has 0 aliphatic carbocycles. The van der Waals surface area contributed by atoms with Gasteiger partial charge in [-0.2, -0.15) is 0 Å². The summed E-state index contributed by atoms with van der Waals surface area (Å²) in [6, 6.07) is 5.54. The molecule has 6 nitrogen and oxygen atoms in total. The first kappa shape index (κ1) is 17.5. The summed E-state index contributed by atoms with van der Waals surface area (Å²) in [7, 11) is 0. The van der Waals surface area contributed by atoms with Crippen LogP contribution in [0.5, 0.6) is 0 Å². The van der Waals surface area contributed by atoms with Crippen molar-refractivity contribution in [1.29, 1.82) is 0 Å². The van der Waals surface area contributed by atoms with Crippen molar-refractivity contribution < 1.29 is 9.59 Å². The van der Waals surface area contributed by atoms with Crippen molar-refractivity contribution in [2.75, 3.05) is 19.6 Å². The van der Waals surface area contributed by atoms with Gasteiger partial charge in [-0.15, -0.1) is 0 Å². The number of nitrogens with zero attached hydrogens (tertiary/aromatic N) is 3. The predicted octanol–water partition coefficient (Wildman–Crippen LogP) is 2.59. The number of rotatable bonds is 4. The zero-order valence-electron chi connectivity index (χ0n) is 15.2. The zero-order valence-corrected chi connectivity index (χ0v) is 15.2. The molecule has 1 N–H and O–H groups in total. The number of pyridine rings is 1. The molecule has 0 radical (unpaired) electrons. The maximum absolute atomic E-state index is 13.0. The lowest BCUT2D eigenvalue weighted by Gasteiger charge is -2.30. The van der Waals surface area contributed by atoms with Gasteiger partial charge in [0.2, 0.25) is 5.82 Å². The van der Waals surface area contributed by atoms with Crippen LogP contribution < -0.4 is 5.32 Å². The van der Waals surface area contributed by atoms with Crippen molar-refractivity contribution >= 4 is 17.3 Å². The molecule has 1 aliphatic heterocycles. The number of piperidine rings is 1. The molecule has 134 valence electrons. The van der Waals surface area contributed by atoms with Crippen molar-refractivity contribution in [3.05, 3.63) is 35.9 Å². The number of hydrogen-bond acceptors (Lipinski definition) is 3. The summed E-state index contributed by atoms with van der Waals surface area (Å²) < 4.78 is 1.70. The Labute approximate surface area is 148 Å². The minimum Gasteiger partial charge on any atom is -0.349 e. The average molecular weight is 342 g/mol. The number of amides is 2. The minimum atomic E-state index is -0.249. The molecule has 3 heterocycles. The van der Waals surface area contributed by atoms with Gasteiger partial charge in [0.15, 0.2) is 5.69 Å². The van der Waals surface area contributed by atoms with E-state index in [0.29, 0.717) is 29.6 Å². The van der Waals surface area contributed by atoms with E-state index in [4.69, 9.17) is 0 Å². The van der Waals surface area contributed by atoms with Crippen molar-refractivity contribution in [2.24, 2.45) is 11.8 Å². The summed E-state index contributed by atoms with van der Waals surface area (Å²) in [5.41, 5.74) is 1.05. The molecule has 2 amide bonds. The topological polar surface area (TPSA) is 66.7 Å². The molecule has 0 bridgehead atoms. The quantitative estimate of drug-likeness (QED) is 0.929. The lowest BCUT2D eigenvalue weighted by atomic mass is 10.00. The van der Waals surface area contributed by atoms with Crippen molar-refractivity contribution in [3.63, 3.8) is 0 Å². The van der Waals surface area contributed by atoms with Gasteiger partial charge in [-0.25, -0.2) is 4.98 Å². The fourth-order valence-corrected chi connectivity index (χ4v) is 3.25. The van der Waals surface area contributed by atoms with E-state index in [2.05, 4.69) is 17.2 Å². The molecule has 0 aromatic carbocycles. The SMILES string of the molecule is CC(C)CNC(=O)c1nc(C(=O)N2CCCC(C)C2)c2ccccn12. The number of fused-ring (bicyclic) bond motifs is 1. The normalized spacial score (nSPS) is 17.9. The van der Waals surface area contributed by atoms with E-state index >= 15 is 0 Å². The first-order valence-corrected chi connectivity index (χ1v) is 9.02. The largest absolute Gasteiger partial charge is 0.349 e. The first-order valence-electron chi connectivity index (χ1n) is 9.02. The number of nitrogens with one attached hydrogen (secondary N) is 1. The maximum atomic E-state index is 13.0. The number of carbonyl (C=O) groups excluding carboxylic acids is 2. The lowest BCUT2D eigenvalue weighted by Crippen LogP contribution is -2.39. The van der Waals surface area contributed by atoms with Gasteiger partial charge in [-0.3, -0.25) is 14.0 Å². The van der Waals surface area contributed by atoms with Crippen LogP contribution >= 0.6 is 0 Å². The number of aromatic nitrogens is 2. The van der Waals surface area contributed by atoms with Gasteiger partial charge in [0.25, 0.3) is 11.8 Å². The van der Waals surface area contributed by atoms with Crippen LogP contribution in [0.2, 0.25) is 0 Å². The molecular weight excluding hydrogens is 316 g/mol. The summed E-state index contributed by atoms with van der Waals surface area (Å²) in [5, 5.41) is 2.88. The zero-order chi connectivity index (χ0) is 18.0. The highest BCUT2D eigenvalue weighted by atomic mass is 16.2. The van der Waals surface area contributed by atoms with E-state index in [-0.39, 0.29) is 17.6 Å². The van der Waals surface area contributed by atoms with Gasteiger partial charge in [0.1, 0.15) is 0 Å². The summed E-state index contributed by atoms with van der Waals surface area (Å²) in [5.74, 6) is 0.787. The molecule has 2 aromatic rings. The van der Waals surface area contributed by atoms with Gasteiger partial charge in [0, 0.05) is 25.8 Å². The fraction of sp³-hybridized carbons (Fsp3) is 0.526. The van der Waals surface area contributed by atoms with Gasteiger partial charge in [-0.05, 0) is 36.8 Å². The van der Waals surface area contributed by atoms with Crippen LogP contribution in [0.15, 0.2) is 24.4 Å². The van der Waals surface area contributed by atoms with Gasteiger partial charge in [0.05, 0.1) is 5.52 Å². The Kier molecular flexibility index (Phi) is 5.06. The second-order valence-electron chi connectivity index (χ2n) is 7.34. The van der Waals surface area contributed by atoms with Crippen LogP contribution in [0.3, 0.4) is 0 Å². The number of imidazole rings is 1. The molecule has 2 aromatic heterocycles. The van der Waals surface area contributed by atoms with Crippen LogP contribution in [0.25, 0.3) is 5.52 Å². The van der Waals surface area contributed by atoms with E-state index in [1.165, 1.54) is 0 Å². The summed E-state index contributed by atoms with van der Waals surface area (Å²) in [6.07, 6.45) is 3.94. The van der Waals surface area contributed by atoms with Crippen LogP contribution in [-0.4, -0.2) is 45.7 Å². The highest BCUT2D eigenvalue weighted by molar-refractivity contribution is 6.02. The Hall–Kier alpha value is -2.37.